The largest absolute Gasteiger partial charge is 0.0934 e. The molecule has 0 bridgehead atoms. The zero-order valence-corrected chi connectivity index (χ0v) is 9.15. The standard InChI is InChI=1S/C7H14IP/c1-6-3-4-9(5-6)7(2)8/h6-7H,3-5H2,1-2H3. The minimum absolute atomic E-state index is 0.443. The van der Waals surface area contributed by atoms with Crippen LogP contribution in [0.3, 0.4) is 0 Å². The maximum absolute atomic E-state index is 2.58. The molecule has 1 heterocycles. The Bertz CT molecular complexity index is 92.9. The second-order valence-corrected chi connectivity index (χ2v) is 8.58. The second-order valence-electron chi connectivity index (χ2n) is 2.96. The SMILES string of the molecule is CC1CCP(C(C)I)C1. The lowest BCUT2D eigenvalue weighted by molar-refractivity contribution is 0.668. The van der Waals surface area contributed by atoms with Gasteiger partial charge in [-0.2, -0.15) is 0 Å². The summed E-state index contributed by atoms with van der Waals surface area (Å²) in [7, 11) is 0.443. The van der Waals surface area contributed by atoms with E-state index in [0.717, 1.165) is 9.58 Å². The topological polar surface area (TPSA) is 0 Å². The lowest BCUT2D eigenvalue weighted by Crippen LogP contribution is -1.91. The Balaban J connectivity index is 2.30. The van der Waals surface area contributed by atoms with Gasteiger partial charge in [-0.05, 0) is 31.6 Å². The fourth-order valence-corrected chi connectivity index (χ4v) is 5.39. The summed E-state index contributed by atoms with van der Waals surface area (Å²) in [6.07, 6.45) is 4.58. The Morgan fingerprint density at radius 3 is 2.56 bits per heavy atom. The van der Waals surface area contributed by atoms with E-state index in [9.17, 15) is 0 Å². The Morgan fingerprint density at radius 1 is 1.67 bits per heavy atom. The maximum Gasteiger partial charge on any atom is 0.0282 e. The maximum atomic E-state index is 2.58. The van der Waals surface area contributed by atoms with E-state index in [0.29, 0.717) is 7.92 Å². The molecule has 0 N–H and O–H groups in total. The van der Waals surface area contributed by atoms with Crippen LogP contribution in [0.5, 0.6) is 0 Å². The molecule has 0 amide bonds. The fraction of sp³-hybridized carbons (Fsp3) is 1.00. The minimum Gasteiger partial charge on any atom is -0.0934 e. The molecular weight excluding hydrogens is 242 g/mol. The van der Waals surface area contributed by atoms with E-state index < -0.39 is 0 Å². The minimum atomic E-state index is 0.443. The van der Waals surface area contributed by atoms with Gasteiger partial charge in [0, 0.05) is 3.67 Å². The van der Waals surface area contributed by atoms with Gasteiger partial charge < -0.3 is 0 Å². The molecule has 0 aromatic carbocycles. The lowest BCUT2D eigenvalue weighted by atomic mass is 10.2. The van der Waals surface area contributed by atoms with Gasteiger partial charge in [0.15, 0.2) is 0 Å². The zero-order valence-electron chi connectivity index (χ0n) is 6.10. The summed E-state index contributed by atoms with van der Waals surface area (Å²) < 4.78 is 0.961. The Morgan fingerprint density at radius 2 is 2.33 bits per heavy atom. The molecule has 1 rings (SSSR count). The normalized spacial score (nSPS) is 39.0. The third kappa shape index (κ3) is 2.34. The molecule has 9 heavy (non-hydrogen) atoms. The van der Waals surface area contributed by atoms with Crippen LogP contribution in [-0.2, 0) is 0 Å². The molecule has 2 heteroatoms. The molecular formula is C7H14IP. The van der Waals surface area contributed by atoms with Gasteiger partial charge in [-0.3, -0.25) is 0 Å². The van der Waals surface area contributed by atoms with E-state index in [-0.39, 0.29) is 0 Å². The van der Waals surface area contributed by atoms with Crippen molar-refractivity contribution in [3.05, 3.63) is 0 Å². The third-order valence-corrected chi connectivity index (χ3v) is 7.25. The average molecular weight is 256 g/mol. The molecule has 0 nitrogen and oxygen atoms in total. The van der Waals surface area contributed by atoms with Crippen molar-refractivity contribution >= 4 is 30.5 Å². The molecule has 3 atom stereocenters. The number of hydrogen-bond acceptors (Lipinski definition) is 0. The van der Waals surface area contributed by atoms with Crippen LogP contribution in [0.15, 0.2) is 0 Å². The first kappa shape index (κ1) is 8.26. The van der Waals surface area contributed by atoms with Crippen molar-refractivity contribution in [3.63, 3.8) is 0 Å². The number of rotatable bonds is 1. The van der Waals surface area contributed by atoms with E-state index in [2.05, 4.69) is 36.4 Å². The molecule has 0 aromatic heterocycles. The third-order valence-electron chi connectivity index (χ3n) is 1.96. The highest BCUT2D eigenvalue weighted by Crippen LogP contribution is 2.52. The Hall–Kier alpha value is 1.16. The molecule has 1 aliphatic heterocycles. The number of hydrogen-bond donors (Lipinski definition) is 0. The van der Waals surface area contributed by atoms with Crippen molar-refractivity contribution in [3.8, 4) is 0 Å². The van der Waals surface area contributed by atoms with Gasteiger partial charge >= 0.3 is 0 Å². The van der Waals surface area contributed by atoms with E-state index >= 15 is 0 Å². The summed E-state index contributed by atoms with van der Waals surface area (Å²) in [6.45, 7) is 4.76. The summed E-state index contributed by atoms with van der Waals surface area (Å²) >= 11 is 2.58. The van der Waals surface area contributed by atoms with Crippen molar-refractivity contribution in [2.45, 2.75) is 23.9 Å². The van der Waals surface area contributed by atoms with Gasteiger partial charge in [-0.1, -0.05) is 37.4 Å². The molecule has 0 aromatic rings. The second kappa shape index (κ2) is 3.52. The summed E-state index contributed by atoms with van der Waals surface area (Å²) in [5.41, 5.74) is 0. The molecule has 3 unspecified atom stereocenters. The van der Waals surface area contributed by atoms with Crippen LogP contribution in [0.4, 0.5) is 0 Å². The first-order chi connectivity index (χ1) is 4.20. The lowest BCUT2D eigenvalue weighted by Gasteiger charge is -2.12. The fourth-order valence-electron chi connectivity index (χ4n) is 1.29. The average Bonchev–Trinajstić information content (AvgIpc) is 2.14. The van der Waals surface area contributed by atoms with Gasteiger partial charge in [0.1, 0.15) is 0 Å². The number of alkyl halides is 1. The van der Waals surface area contributed by atoms with E-state index in [1.807, 2.05) is 0 Å². The van der Waals surface area contributed by atoms with Crippen molar-refractivity contribution < 1.29 is 0 Å². The van der Waals surface area contributed by atoms with Crippen LogP contribution in [0.1, 0.15) is 20.3 Å². The van der Waals surface area contributed by atoms with Crippen LogP contribution < -0.4 is 0 Å². The molecule has 54 valence electrons. The van der Waals surface area contributed by atoms with E-state index in [1.54, 1.807) is 12.3 Å². The summed E-state index contributed by atoms with van der Waals surface area (Å²) in [5.74, 6) is 1.04. The van der Waals surface area contributed by atoms with Crippen LogP contribution in [-0.4, -0.2) is 16.0 Å². The van der Waals surface area contributed by atoms with E-state index in [4.69, 9.17) is 0 Å². The monoisotopic (exact) mass is 256 g/mol. The van der Waals surface area contributed by atoms with Crippen molar-refractivity contribution in [2.75, 3.05) is 12.3 Å². The predicted octanol–water partition coefficient (Wildman–Crippen LogP) is 3.29. The molecule has 0 aliphatic carbocycles. The summed E-state index contributed by atoms with van der Waals surface area (Å²) in [5, 5.41) is 0. The van der Waals surface area contributed by atoms with Crippen molar-refractivity contribution in [2.24, 2.45) is 5.92 Å². The highest BCUT2D eigenvalue weighted by molar-refractivity contribution is 14.1. The summed E-state index contributed by atoms with van der Waals surface area (Å²) in [6, 6.07) is 0. The van der Waals surface area contributed by atoms with Crippen LogP contribution in [0.25, 0.3) is 0 Å². The Kier molecular flexibility index (Phi) is 3.23. The zero-order chi connectivity index (χ0) is 6.85. The highest BCUT2D eigenvalue weighted by atomic mass is 127. The molecule has 0 saturated carbocycles. The number of halogens is 1. The van der Waals surface area contributed by atoms with Gasteiger partial charge in [0.05, 0.1) is 0 Å². The van der Waals surface area contributed by atoms with Gasteiger partial charge in [0.2, 0.25) is 0 Å². The van der Waals surface area contributed by atoms with Crippen molar-refractivity contribution in [1.82, 2.24) is 0 Å². The van der Waals surface area contributed by atoms with Crippen molar-refractivity contribution in [1.29, 1.82) is 0 Å². The first-order valence-corrected chi connectivity index (χ1v) is 6.61. The molecule has 1 fully saturated rings. The van der Waals surface area contributed by atoms with Crippen LogP contribution in [0.2, 0.25) is 0 Å². The van der Waals surface area contributed by atoms with Crippen LogP contribution in [0, 0.1) is 5.92 Å². The smallest absolute Gasteiger partial charge is 0.0282 e. The molecule has 1 aliphatic rings. The predicted molar refractivity (Wildman–Crippen MR) is 53.9 cm³/mol. The first-order valence-electron chi connectivity index (χ1n) is 3.58. The van der Waals surface area contributed by atoms with Gasteiger partial charge in [-0.15, -0.1) is 0 Å². The quantitative estimate of drug-likeness (QED) is 0.383. The molecule has 1 saturated heterocycles. The highest BCUT2D eigenvalue weighted by Gasteiger charge is 2.23. The molecule has 0 spiro atoms. The molecule has 0 radical (unpaired) electrons. The Labute approximate surface area is 72.7 Å². The van der Waals surface area contributed by atoms with Crippen LogP contribution >= 0.6 is 30.5 Å². The van der Waals surface area contributed by atoms with Gasteiger partial charge in [0.25, 0.3) is 0 Å². The van der Waals surface area contributed by atoms with Gasteiger partial charge in [-0.25, -0.2) is 0 Å². The summed E-state index contributed by atoms with van der Waals surface area (Å²) in [4.78, 5) is 0. The van der Waals surface area contributed by atoms with E-state index in [1.165, 1.54) is 6.42 Å².